The zero-order chi connectivity index (χ0) is 14.1. The molecule has 0 amide bonds. The quantitative estimate of drug-likeness (QED) is 0.815. The number of methoxy groups -OCH3 is 1. The first kappa shape index (κ1) is 14.2. The molecule has 1 fully saturated rings. The molecular formula is C12H16FNO4S. The van der Waals surface area contributed by atoms with Crippen molar-refractivity contribution in [3.63, 3.8) is 0 Å². The Morgan fingerprint density at radius 3 is 2.63 bits per heavy atom. The number of sulfonamides is 1. The third-order valence-electron chi connectivity index (χ3n) is 3.36. The lowest BCUT2D eigenvalue weighted by atomic mass is 10.1. The fraction of sp³-hybridized carbons (Fsp3) is 0.500. The summed E-state index contributed by atoms with van der Waals surface area (Å²) in [5.74, 6) is -0.735. The minimum Gasteiger partial charge on any atom is -0.494 e. The van der Waals surface area contributed by atoms with Gasteiger partial charge in [0.2, 0.25) is 10.0 Å². The maximum atomic E-state index is 13.5. The van der Waals surface area contributed by atoms with Crippen LogP contribution in [-0.4, -0.2) is 33.8 Å². The van der Waals surface area contributed by atoms with Gasteiger partial charge in [-0.2, -0.15) is 0 Å². The van der Waals surface area contributed by atoms with Gasteiger partial charge in [-0.1, -0.05) is 0 Å². The highest BCUT2D eigenvalue weighted by atomic mass is 32.2. The summed E-state index contributed by atoms with van der Waals surface area (Å²) in [5.41, 5.74) is -0.335. The summed E-state index contributed by atoms with van der Waals surface area (Å²) in [6, 6.07) is 3.46. The van der Waals surface area contributed by atoms with E-state index < -0.39 is 15.8 Å². The second-order valence-electron chi connectivity index (χ2n) is 4.78. The van der Waals surface area contributed by atoms with Gasteiger partial charge in [-0.05, 0) is 31.0 Å². The molecule has 2 rings (SSSR count). The number of nitrogens with one attached hydrogen (secondary N) is 1. The lowest BCUT2D eigenvalue weighted by Crippen LogP contribution is -2.32. The van der Waals surface area contributed by atoms with Gasteiger partial charge < -0.3 is 9.84 Å². The molecular weight excluding hydrogens is 273 g/mol. The van der Waals surface area contributed by atoms with E-state index in [4.69, 9.17) is 9.84 Å². The van der Waals surface area contributed by atoms with Crippen molar-refractivity contribution in [2.24, 2.45) is 5.41 Å². The minimum absolute atomic E-state index is 0.00651. The van der Waals surface area contributed by atoms with Crippen molar-refractivity contribution in [1.29, 1.82) is 0 Å². The monoisotopic (exact) mass is 289 g/mol. The first-order valence-electron chi connectivity index (χ1n) is 5.86. The second-order valence-corrected chi connectivity index (χ2v) is 6.55. The normalized spacial score (nSPS) is 17.2. The van der Waals surface area contributed by atoms with E-state index in [0.29, 0.717) is 0 Å². The topological polar surface area (TPSA) is 75.6 Å². The average molecular weight is 289 g/mol. The lowest BCUT2D eigenvalue weighted by Gasteiger charge is -2.13. The first-order valence-corrected chi connectivity index (χ1v) is 7.35. The van der Waals surface area contributed by atoms with E-state index >= 15 is 0 Å². The number of hydrogen-bond donors (Lipinski definition) is 2. The van der Waals surface area contributed by atoms with Crippen molar-refractivity contribution in [3.8, 4) is 5.75 Å². The Balaban J connectivity index is 2.13. The molecule has 5 nitrogen and oxygen atoms in total. The summed E-state index contributed by atoms with van der Waals surface area (Å²) in [6.07, 6.45) is 1.59. The van der Waals surface area contributed by atoms with Crippen LogP contribution in [0.3, 0.4) is 0 Å². The minimum atomic E-state index is -3.77. The van der Waals surface area contributed by atoms with Crippen LogP contribution in [0.1, 0.15) is 12.8 Å². The van der Waals surface area contributed by atoms with Crippen LogP contribution >= 0.6 is 0 Å². The van der Waals surface area contributed by atoms with Gasteiger partial charge in [-0.3, -0.25) is 0 Å². The van der Waals surface area contributed by atoms with Crippen molar-refractivity contribution in [3.05, 3.63) is 24.0 Å². The van der Waals surface area contributed by atoms with Gasteiger partial charge in [0.05, 0.1) is 12.0 Å². The Bertz CT molecular complexity index is 569. The Labute approximate surface area is 111 Å². The smallest absolute Gasteiger partial charge is 0.240 e. The van der Waals surface area contributed by atoms with Gasteiger partial charge in [0.1, 0.15) is 0 Å². The maximum Gasteiger partial charge on any atom is 0.240 e. The van der Waals surface area contributed by atoms with Crippen LogP contribution in [0.25, 0.3) is 0 Å². The molecule has 0 saturated heterocycles. The standard InChI is InChI=1S/C12H16FNO4S/c1-18-11-3-2-9(6-10(11)13)19(16,17)14-7-12(8-15)4-5-12/h2-3,6,14-15H,4-5,7-8H2,1H3. The van der Waals surface area contributed by atoms with Crippen molar-refractivity contribution in [1.82, 2.24) is 4.72 Å². The van der Waals surface area contributed by atoms with Crippen molar-refractivity contribution < 1.29 is 22.7 Å². The molecule has 2 N–H and O–H groups in total. The number of halogens is 1. The van der Waals surface area contributed by atoms with E-state index in [0.717, 1.165) is 18.9 Å². The number of hydrogen-bond acceptors (Lipinski definition) is 4. The van der Waals surface area contributed by atoms with E-state index in [2.05, 4.69) is 4.72 Å². The third-order valence-corrected chi connectivity index (χ3v) is 4.76. The number of aliphatic hydroxyl groups excluding tert-OH is 1. The number of benzene rings is 1. The fourth-order valence-electron chi connectivity index (χ4n) is 1.71. The summed E-state index contributed by atoms with van der Waals surface area (Å²) in [7, 11) is -2.46. The van der Waals surface area contributed by atoms with Gasteiger partial charge in [0.15, 0.2) is 11.6 Å². The molecule has 19 heavy (non-hydrogen) atoms. The van der Waals surface area contributed by atoms with Gasteiger partial charge >= 0.3 is 0 Å². The molecule has 0 atom stereocenters. The largest absolute Gasteiger partial charge is 0.494 e. The van der Waals surface area contributed by atoms with Crippen LogP contribution in [0.5, 0.6) is 5.75 Å². The summed E-state index contributed by atoms with van der Waals surface area (Å²) in [6.45, 7) is 0.117. The first-order chi connectivity index (χ1) is 8.92. The molecule has 0 spiro atoms. The van der Waals surface area contributed by atoms with E-state index in [-0.39, 0.29) is 29.2 Å². The predicted molar refractivity (Wildman–Crippen MR) is 66.9 cm³/mol. The fourth-order valence-corrected chi connectivity index (χ4v) is 2.88. The van der Waals surface area contributed by atoms with E-state index in [1.165, 1.54) is 19.2 Å². The van der Waals surface area contributed by atoms with E-state index in [1.54, 1.807) is 0 Å². The molecule has 1 aromatic rings. The van der Waals surface area contributed by atoms with Gasteiger partial charge in [-0.25, -0.2) is 17.5 Å². The van der Waals surface area contributed by atoms with Crippen LogP contribution in [0.15, 0.2) is 23.1 Å². The number of ether oxygens (including phenoxy) is 1. The molecule has 1 saturated carbocycles. The van der Waals surface area contributed by atoms with E-state index in [9.17, 15) is 12.8 Å². The molecule has 1 aliphatic carbocycles. The second kappa shape index (κ2) is 5.07. The highest BCUT2D eigenvalue weighted by Gasteiger charge is 2.42. The Morgan fingerprint density at radius 1 is 1.47 bits per heavy atom. The molecule has 0 aromatic heterocycles. The average Bonchev–Trinajstić information content (AvgIpc) is 3.17. The highest BCUT2D eigenvalue weighted by molar-refractivity contribution is 7.89. The maximum absolute atomic E-state index is 13.5. The van der Waals surface area contributed by atoms with Gasteiger partial charge in [0, 0.05) is 18.6 Å². The molecule has 0 radical (unpaired) electrons. The summed E-state index contributed by atoms with van der Waals surface area (Å²) >= 11 is 0. The Kier molecular flexibility index (Phi) is 3.80. The highest BCUT2D eigenvalue weighted by Crippen LogP contribution is 2.44. The summed E-state index contributed by atoms with van der Waals surface area (Å²) in [4.78, 5) is -0.153. The van der Waals surface area contributed by atoms with Crippen LogP contribution in [0.4, 0.5) is 4.39 Å². The molecule has 1 aromatic carbocycles. The van der Waals surface area contributed by atoms with Crippen LogP contribution in [-0.2, 0) is 10.0 Å². The molecule has 7 heteroatoms. The zero-order valence-corrected chi connectivity index (χ0v) is 11.3. The van der Waals surface area contributed by atoms with Gasteiger partial charge in [0.25, 0.3) is 0 Å². The Morgan fingerprint density at radius 2 is 2.16 bits per heavy atom. The van der Waals surface area contributed by atoms with E-state index in [1.807, 2.05) is 0 Å². The number of rotatable bonds is 6. The summed E-state index contributed by atoms with van der Waals surface area (Å²) < 4.78 is 44.6. The van der Waals surface area contributed by atoms with Crippen molar-refractivity contribution in [2.45, 2.75) is 17.7 Å². The Hall–Kier alpha value is -1.18. The van der Waals surface area contributed by atoms with Gasteiger partial charge in [-0.15, -0.1) is 0 Å². The number of aliphatic hydroxyl groups is 1. The van der Waals surface area contributed by atoms with Crippen LogP contribution in [0.2, 0.25) is 0 Å². The van der Waals surface area contributed by atoms with Crippen molar-refractivity contribution in [2.75, 3.05) is 20.3 Å². The molecule has 0 bridgehead atoms. The molecule has 0 heterocycles. The van der Waals surface area contributed by atoms with Crippen LogP contribution in [0, 0.1) is 11.2 Å². The molecule has 0 unspecified atom stereocenters. The summed E-state index contributed by atoms with van der Waals surface area (Å²) in [5, 5.41) is 9.13. The van der Waals surface area contributed by atoms with Crippen LogP contribution < -0.4 is 9.46 Å². The van der Waals surface area contributed by atoms with Crippen molar-refractivity contribution >= 4 is 10.0 Å². The molecule has 106 valence electrons. The molecule has 1 aliphatic rings. The third kappa shape index (κ3) is 3.05. The lowest BCUT2D eigenvalue weighted by molar-refractivity contribution is 0.213. The molecule has 0 aliphatic heterocycles. The predicted octanol–water partition coefficient (Wildman–Crippen LogP) is 0.885. The SMILES string of the molecule is COc1ccc(S(=O)(=O)NCC2(CO)CC2)cc1F. The zero-order valence-electron chi connectivity index (χ0n) is 10.5.